The summed E-state index contributed by atoms with van der Waals surface area (Å²) in [4.78, 5) is 0.113. The van der Waals surface area contributed by atoms with E-state index in [9.17, 15) is 8.42 Å². The highest BCUT2D eigenvalue weighted by Gasteiger charge is 2.14. The van der Waals surface area contributed by atoms with Crippen molar-refractivity contribution in [3.05, 3.63) is 29.8 Å². The van der Waals surface area contributed by atoms with Crippen molar-refractivity contribution >= 4 is 19.7 Å². The van der Waals surface area contributed by atoms with Gasteiger partial charge in [0.05, 0.1) is 17.1 Å². The lowest BCUT2D eigenvalue weighted by molar-refractivity contribution is 0.00445. The smallest absolute Gasteiger partial charge is 0.261 e. The Morgan fingerprint density at radius 2 is 1.76 bits per heavy atom. The molecular formula is C12H17ClO3S. The normalized spacial score (nSPS) is 13.9. The summed E-state index contributed by atoms with van der Waals surface area (Å²) in [7, 11) is 1.61. The predicted octanol–water partition coefficient (Wildman–Crippen LogP) is 3.49. The highest BCUT2D eigenvalue weighted by atomic mass is 35.7. The zero-order chi connectivity index (χ0) is 13.1. The van der Waals surface area contributed by atoms with Crippen LogP contribution in [0.1, 0.15) is 38.9 Å². The number of hydrogen-bond donors (Lipinski definition) is 0. The van der Waals surface area contributed by atoms with Crippen LogP contribution in [0, 0.1) is 0 Å². The maximum Gasteiger partial charge on any atom is 0.261 e. The summed E-state index contributed by atoms with van der Waals surface area (Å²) in [5, 5.41) is 0. The van der Waals surface area contributed by atoms with Crippen LogP contribution in [-0.2, 0) is 13.8 Å². The minimum Gasteiger partial charge on any atom is -0.371 e. The molecule has 0 radical (unpaired) electrons. The first-order chi connectivity index (χ1) is 7.84. The molecule has 0 saturated heterocycles. The summed E-state index contributed by atoms with van der Waals surface area (Å²) in [5.41, 5.74) is 0.963. The second-order valence-corrected chi connectivity index (χ2v) is 6.65. The van der Waals surface area contributed by atoms with Gasteiger partial charge in [-0.3, -0.25) is 0 Å². The third-order valence-electron chi connectivity index (χ3n) is 2.34. The summed E-state index contributed by atoms with van der Waals surface area (Å²) in [6.07, 6.45) is 0.962. The van der Waals surface area contributed by atoms with Gasteiger partial charge in [-0.2, -0.15) is 0 Å². The largest absolute Gasteiger partial charge is 0.371 e. The maximum absolute atomic E-state index is 11.1. The third-order valence-corrected chi connectivity index (χ3v) is 3.71. The lowest BCUT2D eigenvalue weighted by atomic mass is 10.1. The minimum absolute atomic E-state index is 0.0120. The van der Waals surface area contributed by atoms with E-state index in [0.717, 1.165) is 12.0 Å². The highest BCUT2D eigenvalue weighted by Crippen LogP contribution is 2.24. The van der Waals surface area contributed by atoms with Gasteiger partial charge in [-0.25, -0.2) is 8.42 Å². The van der Waals surface area contributed by atoms with Gasteiger partial charge in [0.25, 0.3) is 9.05 Å². The number of benzene rings is 1. The number of rotatable bonds is 5. The van der Waals surface area contributed by atoms with Crippen molar-refractivity contribution in [2.75, 3.05) is 0 Å². The van der Waals surface area contributed by atoms with Gasteiger partial charge in [0, 0.05) is 10.7 Å². The first-order valence-corrected chi connectivity index (χ1v) is 7.85. The quantitative estimate of drug-likeness (QED) is 0.773. The molecule has 0 bridgehead atoms. The maximum atomic E-state index is 11.1. The molecule has 17 heavy (non-hydrogen) atoms. The topological polar surface area (TPSA) is 43.4 Å². The van der Waals surface area contributed by atoms with E-state index in [2.05, 4.69) is 0 Å². The van der Waals surface area contributed by atoms with Crippen LogP contribution in [0.2, 0.25) is 0 Å². The standard InChI is InChI=1S/C12H17ClO3S/c1-4-12(16-9(2)3)10-5-7-11(8-6-10)17(13,14)15/h5-9,12H,4H2,1-3H3/t12-/m1/s1. The van der Waals surface area contributed by atoms with E-state index >= 15 is 0 Å². The van der Waals surface area contributed by atoms with E-state index in [4.69, 9.17) is 15.4 Å². The molecule has 0 saturated carbocycles. The van der Waals surface area contributed by atoms with Gasteiger partial charge in [-0.05, 0) is 38.0 Å². The van der Waals surface area contributed by atoms with Crippen molar-refractivity contribution in [2.24, 2.45) is 0 Å². The number of hydrogen-bond acceptors (Lipinski definition) is 3. The molecule has 96 valence electrons. The molecule has 0 amide bonds. The Balaban J connectivity index is 2.93. The number of halogens is 1. The molecule has 1 aromatic carbocycles. The van der Waals surface area contributed by atoms with Gasteiger partial charge in [-0.1, -0.05) is 19.1 Å². The molecule has 0 aromatic heterocycles. The molecular weight excluding hydrogens is 260 g/mol. The molecule has 0 unspecified atom stereocenters. The zero-order valence-electron chi connectivity index (χ0n) is 10.2. The Morgan fingerprint density at radius 3 is 2.12 bits per heavy atom. The monoisotopic (exact) mass is 276 g/mol. The van der Waals surface area contributed by atoms with Crippen LogP contribution in [0.5, 0.6) is 0 Å². The van der Waals surface area contributed by atoms with E-state index in [1.54, 1.807) is 12.1 Å². The number of ether oxygens (including phenoxy) is 1. The SMILES string of the molecule is CC[C@@H](OC(C)C)c1ccc(S(=O)(=O)Cl)cc1. The fourth-order valence-electron chi connectivity index (χ4n) is 1.58. The fraction of sp³-hybridized carbons (Fsp3) is 0.500. The zero-order valence-corrected chi connectivity index (χ0v) is 11.8. The molecule has 1 aromatic rings. The molecule has 1 atom stereocenters. The lowest BCUT2D eigenvalue weighted by Gasteiger charge is -2.19. The predicted molar refractivity (Wildman–Crippen MR) is 68.7 cm³/mol. The van der Waals surface area contributed by atoms with Crippen LogP contribution >= 0.6 is 10.7 Å². The van der Waals surface area contributed by atoms with Crippen LogP contribution < -0.4 is 0 Å². The van der Waals surface area contributed by atoms with E-state index in [-0.39, 0.29) is 17.1 Å². The average Bonchev–Trinajstić information content (AvgIpc) is 2.24. The Hall–Kier alpha value is -0.580. The Kier molecular flexibility index (Phi) is 4.98. The third kappa shape index (κ3) is 4.30. The van der Waals surface area contributed by atoms with Crippen molar-refractivity contribution < 1.29 is 13.2 Å². The molecule has 0 aliphatic rings. The molecule has 0 aliphatic carbocycles. The highest BCUT2D eigenvalue weighted by molar-refractivity contribution is 8.13. The summed E-state index contributed by atoms with van der Waals surface area (Å²) in [6, 6.07) is 6.49. The van der Waals surface area contributed by atoms with Crippen LogP contribution in [-0.4, -0.2) is 14.5 Å². The van der Waals surface area contributed by atoms with Crippen molar-refractivity contribution in [3.63, 3.8) is 0 Å². The first kappa shape index (κ1) is 14.5. The lowest BCUT2D eigenvalue weighted by Crippen LogP contribution is -2.09. The van der Waals surface area contributed by atoms with Gasteiger partial charge in [-0.15, -0.1) is 0 Å². The molecule has 5 heteroatoms. The van der Waals surface area contributed by atoms with Crippen molar-refractivity contribution in [2.45, 2.75) is 44.3 Å². The van der Waals surface area contributed by atoms with Crippen LogP contribution in [0.25, 0.3) is 0 Å². The van der Waals surface area contributed by atoms with E-state index < -0.39 is 9.05 Å². The van der Waals surface area contributed by atoms with Crippen LogP contribution in [0.4, 0.5) is 0 Å². The Labute approximate surface area is 107 Å². The van der Waals surface area contributed by atoms with E-state index in [1.807, 2.05) is 20.8 Å². The fourth-order valence-corrected chi connectivity index (χ4v) is 2.35. The molecule has 0 N–H and O–H groups in total. The summed E-state index contributed by atoms with van der Waals surface area (Å²) in [5.74, 6) is 0. The first-order valence-electron chi connectivity index (χ1n) is 5.54. The second kappa shape index (κ2) is 5.85. The summed E-state index contributed by atoms with van der Waals surface area (Å²) < 4.78 is 27.9. The Morgan fingerprint density at radius 1 is 1.24 bits per heavy atom. The van der Waals surface area contributed by atoms with Gasteiger partial charge in [0.1, 0.15) is 0 Å². The van der Waals surface area contributed by atoms with E-state index in [0.29, 0.717) is 0 Å². The van der Waals surface area contributed by atoms with E-state index in [1.165, 1.54) is 12.1 Å². The molecule has 3 nitrogen and oxygen atoms in total. The molecule has 0 spiro atoms. The summed E-state index contributed by atoms with van der Waals surface area (Å²) in [6.45, 7) is 5.97. The van der Waals surface area contributed by atoms with Gasteiger partial charge in [0.15, 0.2) is 0 Å². The summed E-state index contributed by atoms with van der Waals surface area (Å²) >= 11 is 0. The van der Waals surface area contributed by atoms with Gasteiger partial charge in [0.2, 0.25) is 0 Å². The van der Waals surface area contributed by atoms with Gasteiger partial charge >= 0.3 is 0 Å². The minimum atomic E-state index is -3.64. The van der Waals surface area contributed by atoms with Crippen molar-refractivity contribution in [1.29, 1.82) is 0 Å². The van der Waals surface area contributed by atoms with Crippen LogP contribution in [0.15, 0.2) is 29.2 Å². The van der Waals surface area contributed by atoms with Crippen molar-refractivity contribution in [1.82, 2.24) is 0 Å². The average molecular weight is 277 g/mol. The second-order valence-electron chi connectivity index (χ2n) is 4.09. The van der Waals surface area contributed by atoms with Crippen molar-refractivity contribution in [3.8, 4) is 0 Å². The molecule has 0 heterocycles. The van der Waals surface area contributed by atoms with Crippen LogP contribution in [0.3, 0.4) is 0 Å². The Bertz CT molecular complexity index is 451. The molecule has 0 fully saturated rings. The van der Waals surface area contributed by atoms with Gasteiger partial charge < -0.3 is 4.74 Å². The molecule has 0 aliphatic heterocycles. The molecule has 1 rings (SSSR count).